The monoisotopic (exact) mass is 337 g/mol. The largest absolute Gasteiger partial charge is 0.478 e. The van der Waals surface area contributed by atoms with Crippen molar-refractivity contribution in [2.24, 2.45) is 0 Å². The topological polar surface area (TPSA) is 42.2 Å². The average Bonchev–Trinajstić information content (AvgIpc) is 2.88. The third-order valence-corrected chi connectivity index (χ3v) is 4.31. The molecule has 0 fully saturated rings. The molecule has 112 valence electrons. The lowest BCUT2D eigenvalue weighted by molar-refractivity contribution is 0.0691. The number of aromatic nitrogens is 1. The van der Waals surface area contributed by atoms with Crippen LogP contribution in [0.15, 0.2) is 42.6 Å². The van der Waals surface area contributed by atoms with Crippen LogP contribution in [0.25, 0.3) is 10.9 Å². The van der Waals surface area contributed by atoms with Gasteiger partial charge in [0.05, 0.1) is 22.2 Å². The summed E-state index contributed by atoms with van der Waals surface area (Å²) >= 11 is 12.1. The fourth-order valence-corrected chi connectivity index (χ4v) is 2.79. The highest BCUT2D eigenvalue weighted by Crippen LogP contribution is 2.31. The van der Waals surface area contributed by atoms with E-state index in [1.54, 1.807) is 35.0 Å². The average molecular weight is 338 g/mol. The second-order valence-electron chi connectivity index (χ2n) is 4.82. The van der Waals surface area contributed by atoms with Crippen LogP contribution in [0.4, 0.5) is 4.39 Å². The van der Waals surface area contributed by atoms with Gasteiger partial charge in [-0.25, -0.2) is 9.18 Å². The quantitative estimate of drug-likeness (QED) is 0.743. The first kappa shape index (κ1) is 14.9. The number of hydrogen-bond acceptors (Lipinski definition) is 1. The van der Waals surface area contributed by atoms with Gasteiger partial charge in [0.1, 0.15) is 5.82 Å². The minimum atomic E-state index is -1.29. The summed E-state index contributed by atoms with van der Waals surface area (Å²) in [5.41, 5.74) is 0.757. The van der Waals surface area contributed by atoms with E-state index in [-0.39, 0.29) is 12.1 Å². The Hall–Kier alpha value is -2.04. The number of carbonyl (C=O) groups is 1. The molecule has 0 aliphatic heterocycles. The molecule has 3 nitrogen and oxygen atoms in total. The zero-order valence-electron chi connectivity index (χ0n) is 11.2. The molecule has 0 aliphatic carbocycles. The normalized spacial score (nSPS) is 11.0. The van der Waals surface area contributed by atoms with Crippen LogP contribution in [0.3, 0.4) is 0 Å². The minimum Gasteiger partial charge on any atom is -0.478 e. The van der Waals surface area contributed by atoms with Crippen LogP contribution < -0.4 is 0 Å². The molecule has 0 saturated heterocycles. The van der Waals surface area contributed by atoms with Crippen molar-refractivity contribution >= 4 is 40.1 Å². The summed E-state index contributed by atoms with van der Waals surface area (Å²) < 4.78 is 16.0. The maximum Gasteiger partial charge on any atom is 0.338 e. The summed E-state index contributed by atoms with van der Waals surface area (Å²) in [6.07, 6.45) is 1.76. The zero-order valence-corrected chi connectivity index (χ0v) is 12.7. The molecule has 0 saturated carbocycles. The molecule has 6 heteroatoms. The van der Waals surface area contributed by atoms with E-state index in [2.05, 4.69) is 0 Å². The molecule has 0 atom stereocenters. The first-order valence-electron chi connectivity index (χ1n) is 6.42. The van der Waals surface area contributed by atoms with E-state index in [1.165, 1.54) is 12.1 Å². The molecule has 2 aromatic carbocycles. The number of carboxylic acid groups (broad SMARTS) is 1. The van der Waals surface area contributed by atoms with Crippen LogP contribution >= 0.6 is 23.2 Å². The predicted molar refractivity (Wildman–Crippen MR) is 84.4 cm³/mol. The van der Waals surface area contributed by atoms with Crippen molar-refractivity contribution in [3.63, 3.8) is 0 Å². The molecular weight excluding hydrogens is 328 g/mol. The van der Waals surface area contributed by atoms with Crippen LogP contribution in [-0.4, -0.2) is 15.6 Å². The van der Waals surface area contributed by atoms with Gasteiger partial charge in [0.15, 0.2) is 0 Å². The lowest BCUT2D eigenvalue weighted by atomic mass is 10.1. The molecule has 0 bridgehead atoms. The Kier molecular flexibility index (Phi) is 3.81. The smallest absolute Gasteiger partial charge is 0.338 e. The summed E-state index contributed by atoms with van der Waals surface area (Å²) in [6, 6.07) is 9.59. The summed E-state index contributed by atoms with van der Waals surface area (Å²) in [7, 11) is 0. The number of nitrogens with zero attached hydrogens (tertiary/aromatic N) is 1. The number of fused-ring (bicyclic) bond motifs is 1. The Bertz CT molecular complexity index is 889. The molecule has 3 rings (SSSR count). The van der Waals surface area contributed by atoms with Gasteiger partial charge in [-0.2, -0.15) is 0 Å². The number of aromatic carboxylic acids is 1. The molecule has 0 unspecified atom stereocenters. The van der Waals surface area contributed by atoms with Gasteiger partial charge in [0.25, 0.3) is 0 Å². The van der Waals surface area contributed by atoms with Gasteiger partial charge < -0.3 is 9.67 Å². The maximum atomic E-state index is 14.2. The number of halogens is 3. The lowest BCUT2D eigenvalue weighted by Gasteiger charge is -2.09. The first-order chi connectivity index (χ1) is 10.5. The molecule has 0 aliphatic rings. The van der Waals surface area contributed by atoms with Gasteiger partial charge in [-0.15, -0.1) is 0 Å². The third-order valence-electron chi connectivity index (χ3n) is 3.49. The van der Waals surface area contributed by atoms with Gasteiger partial charge in [-0.3, -0.25) is 0 Å². The first-order valence-corrected chi connectivity index (χ1v) is 7.18. The van der Waals surface area contributed by atoms with Crippen molar-refractivity contribution in [3.05, 3.63) is 69.6 Å². The van der Waals surface area contributed by atoms with Crippen molar-refractivity contribution < 1.29 is 14.3 Å². The zero-order chi connectivity index (χ0) is 15.9. The Labute approximate surface area is 135 Å². The molecule has 1 aromatic heterocycles. The van der Waals surface area contributed by atoms with Crippen molar-refractivity contribution in [3.8, 4) is 0 Å². The van der Waals surface area contributed by atoms with Gasteiger partial charge in [-0.1, -0.05) is 35.3 Å². The number of carboxylic acids is 1. The van der Waals surface area contributed by atoms with Gasteiger partial charge >= 0.3 is 5.97 Å². The standard InChI is InChI=1S/C16H10Cl2FNO2/c17-12-4-5-13-10(14(12)18)6-7-20(13)8-9-2-1-3-11(15(9)19)16(21)22/h1-7H,8H2,(H,21,22). The minimum absolute atomic E-state index is 0.203. The van der Waals surface area contributed by atoms with E-state index >= 15 is 0 Å². The van der Waals surface area contributed by atoms with E-state index in [1.807, 2.05) is 0 Å². The Morgan fingerprint density at radius 2 is 1.95 bits per heavy atom. The Balaban J connectivity index is 2.06. The van der Waals surface area contributed by atoms with Crippen LogP contribution in [0, 0.1) is 5.82 Å². The van der Waals surface area contributed by atoms with Crippen molar-refractivity contribution in [2.45, 2.75) is 6.54 Å². The Morgan fingerprint density at radius 3 is 2.68 bits per heavy atom. The highest BCUT2D eigenvalue weighted by Gasteiger charge is 2.15. The van der Waals surface area contributed by atoms with Crippen molar-refractivity contribution in [1.29, 1.82) is 0 Å². The third kappa shape index (κ3) is 2.45. The van der Waals surface area contributed by atoms with Gasteiger partial charge in [0.2, 0.25) is 0 Å². The van der Waals surface area contributed by atoms with Crippen LogP contribution in [0.1, 0.15) is 15.9 Å². The predicted octanol–water partition coefficient (Wildman–Crippen LogP) is 4.83. The van der Waals surface area contributed by atoms with E-state index in [9.17, 15) is 9.18 Å². The summed E-state index contributed by atoms with van der Waals surface area (Å²) in [4.78, 5) is 11.0. The van der Waals surface area contributed by atoms with Crippen molar-refractivity contribution in [1.82, 2.24) is 4.57 Å². The van der Waals surface area contributed by atoms with E-state index in [0.717, 1.165) is 10.9 Å². The second-order valence-corrected chi connectivity index (χ2v) is 5.61. The summed E-state index contributed by atoms with van der Waals surface area (Å²) in [6.45, 7) is 0.203. The van der Waals surface area contributed by atoms with Gasteiger partial charge in [-0.05, 0) is 24.3 Å². The lowest BCUT2D eigenvalue weighted by Crippen LogP contribution is -2.06. The van der Waals surface area contributed by atoms with Crippen LogP contribution in [0.2, 0.25) is 10.0 Å². The fourth-order valence-electron chi connectivity index (χ4n) is 2.40. The number of rotatable bonds is 3. The van der Waals surface area contributed by atoms with E-state index < -0.39 is 11.8 Å². The van der Waals surface area contributed by atoms with Crippen LogP contribution in [0.5, 0.6) is 0 Å². The molecule has 22 heavy (non-hydrogen) atoms. The highest BCUT2D eigenvalue weighted by molar-refractivity contribution is 6.45. The molecule has 0 spiro atoms. The number of hydrogen-bond donors (Lipinski definition) is 1. The molecule has 1 N–H and O–H groups in total. The highest BCUT2D eigenvalue weighted by atomic mass is 35.5. The number of benzene rings is 2. The Morgan fingerprint density at radius 1 is 1.18 bits per heavy atom. The van der Waals surface area contributed by atoms with E-state index in [4.69, 9.17) is 28.3 Å². The second kappa shape index (κ2) is 5.63. The van der Waals surface area contributed by atoms with E-state index in [0.29, 0.717) is 15.6 Å². The molecule has 1 heterocycles. The van der Waals surface area contributed by atoms with Gasteiger partial charge in [0, 0.05) is 22.7 Å². The molecule has 0 amide bonds. The molecule has 0 radical (unpaired) electrons. The molecular formula is C16H10Cl2FNO2. The summed E-state index contributed by atoms with van der Waals surface area (Å²) in [5, 5.41) is 10.6. The summed E-state index contributed by atoms with van der Waals surface area (Å²) in [5.74, 6) is -2.01. The van der Waals surface area contributed by atoms with Crippen molar-refractivity contribution in [2.75, 3.05) is 0 Å². The maximum absolute atomic E-state index is 14.2. The SMILES string of the molecule is O=C(O)c1cccc(Cn2ccc3c(Cl)c(Cl)ccc32)c1F. The fraction of sp³-hybridized carbons (Fsp3) is 0.0625. The van der Waals surface area contributed by atoms with Crippen LogP contribution in [-0.2, 0) is 6.54 Å². The molecule has 3 aromatic rings.